The van der Waals surface area contributed by atoms with Crippen molar-refractivity contribution in [2.75, 3.05) is 19.7 Å². The van der Waals surface area contributed by atoms with Gasteiger partial charge in [0, 0.05) is 30.6 Å². The molecule has 1 saturated heterocycles. The predicted molar refractivity (Wildman–Crippen MR) is 62.3 cm³/mol. The van der Waals surface area contributed by atoms with Gasteiger partial charge in [-0.1, -0.05) is 23.7 Å². The van der Waals surface area contributed by atoms with Crippen LogP contribution < -0.4 is 0 Å². The molecule has 16 heavy (non-hydrogen) atoms. The largest absolute Gasteiger partial charge is 0.396 e. The van der Waals surface area contributed by atoms with Gasteiger partial charge in [0.2, 0.25) is 5.91 Å². The number of carbonyl (C=O) groups is 1. The van der Waals surface area contributed by atoms with Crippen molar-refractivity contribution in [2.45, 2.75) is 6.42 Å². The predicted octanol–water partition coefficient (Wildman–Crippen LogP) is 1.33. The molecular weight excluding hydrogens is 226 g/mol. The molecule has 1 aliphatic heterocycles. The molecule has 1 aliphatic rings. The van der Waals surface area contributed by atoms with Crippen molar-refractivity contribution < 1.29 is 9.90 Å². The Hall–Kier alpha value is -1.06. The van der Waals surface area contributed by atoms with Gasteiger partial charge in [0.1, 0.15) is 0 Å². The van der Waals surface area contributed by atoms with Crippen LogP contribution in [-0.4, -0.2) is 35.6 Å². The third kappa shape index (κ3) is 2.54. The first-order valence-corrected chi connectivity index (χ1v) is 5.70. The molecule has 1 amide bonds. The number of halogens is 1. The van der Waals surface area contributed by atoms with E-state index < -0.39 is 0 Å². The van der Waals surface area contributed by atoms with Crippen molar-refractivity contribution in [3.63, 3.8) is 0 Å². The zero-order chi connectivity index (χ0) is 11.5. The van der Waals surface area contributed by atoms with Gasteiger partial charge in [-0.25, -0.2) is 0 Å². The highest BCUT2D eigenvalue weighted by molar-refractivity contribution is 6.30. The van der Waals surface area contributed by atoms with Gasteiger partial charge in [0.15, 0.2) is 0 Å². The summed E-state index contributed by atoms with van der Waals surface area (Å²) in [4.78, 5) is 13.5. The Morgan fingerprint density at radius 1 is 1.38 bits per heavy atom. The molecule has 0 spiro atoms. The second kappa shape index (κ2) is 4.85. The number of benzene rings is 1. The molecule has 3 nitrogen and oxygen atoms in total. The van der Waals surface area contributed by atoms with Crippen LogP contribution in [0.15, 0.2) is 24.3 Å². The molecule has 86 valence electrons. The first-order valence-electron chi connectivity index (χ1n) is 5.32. The maximum atomic E-state index is 11.8. The third-order valence-corrected chi connectivity index (χ3v) is 3.09. The Balaban J connectivity index is 1.86. The molecule has 2 rings (SSSR count). The van der Waals surface area contributed by atoms with Crippen LogP contribution in [-0.2, 0) is 11.2 Å². The Morgan fingerprint density at radius 3 is 2.56 bits per heavy atom. The number of amides is 1. The number of carbonyl (C=O) groups excluding carboxylic acids is 1. The number of nitrogens with zero attached hydrogens (tertiary/aromatic N) is 1. The number of aliphatic hydroxyl groups is 1. The lowest BCUT2D eigenvalue weighted by molar-refractivity contribution is -0.137. The first kappa shape index (κ1) is 11.4. The summed E-state index contributed by atoms with van der Waals surface area (Å²) < 4.78 is 0. The van der Waals surface area contributed by atoms with Crippen LogP contribution in [0.1, 0.15) is 5.56 Å². The maximum absolute atomic E-state index is 11.8. The standard InChI is InChI=1S/C12H14ClNO2/c13-11-3-1-9(2-4-11)5-12(16)14-6-10(7-14)8-15/h1-4,10,15H,5-8H2. The van der Waals surface area contributed by atoms with Crippen LogP contribution in [0.5, 0.6) is 0 Å². The fraction of sp³-hybridized carbons (Fsp3) is 0.417. The average Bonchev–Trinajstić information content (AvgIpc) is 2.20. The second-order valence-corrected chi connectivity index (χ2v) is 4.59. The lowest BCUT2D eigenvalue weighted by Gasteiger charge is -2.38. The third-order valence-electron chi connectivity index (χ3n) is 2.84. The molecule has 0 atom stereocenters. The molecule has 4 heteroatoms. The zero-order valence-corrected chi connectivity index (χ0v) is 9.65. The summed E-state index contributed by atoms with van der Waals surface area (Å²) in [6.45, 7) is 1.54. The molecule has 1 aromatic rings. The highest BCUT2D eigenvalue weighted by atomic mass is 35.5. The van der Waals surface area contributed by atoms with E-state index in [-0.39, 0.29) is 18.4 Å². The van der Waals surface area contributed by atoms with Crippen LogP contribution in [0.3, 0.4) is 0 Å². The molecule has 0 radical (unpaired) electrons. The van der Waals surface area contributed by atoms with Crippen molar-refractivity contribution in [3.05, 3.63) is 34.9 Å². The van der Waals surface area contributed by atoms with Crippen molar-refractivity contribution in [2.24, 2.45) is 5.92 Å². The summed E-state index contributed by atoms with van der Waals surface area (Å²) in [6.07, 6.45) is 0.412. The topological polar surface area (TPSA) is 40.5 Å². The minimum absolute atomic E-state index is 0.118. The minimum atomic E-state index is 0.118. The van der Waals surface area contributed by atoms with Crippen LogP contribution in [0.2, 0.25) is 5.02 Å². The number of aliphatic hydroxyl groups excluding tert-OH is 1. The first-order chi connectivity index (χ1) is 7.69. The van der Waals surface area contributed by atoms with Gasteiger partial charge in [0.25, 0.3) is 0 Å². The molecule has 0 aromatic heterocycles. The Morgan fingerprint density at radius 2 is 2.00 bits per heavy atom. The fourth-order valence-corrected chi connectivity index (χ4v) is 1.90. The van der Waals surface area contributed by atoms with E-state index in [4.69, 9.17) is 16.7 Å². The molecule has 0 saturated carbocycles. The monoisotopic (exact) mass is 239 g/mol. The number of likely N-dealkylation sites (tertiary alicyclic amines) is 1. The van der Waals surface area contributed by atoms with Gasteiger partial charge in [0.05, 0.1) is 6.42 Å². The van der Waals surface area contributed by atoms with Crippen LogP contribution in [0.25, 0.3) is 0 Å². The Kier molecular flexibility index (Phi) is 3.46. The summed E-state index contributed by atoms with van der Waals surface area (Å²) in [7, 11) is 0. The van der Waals surface area contributed by atoms with E-state index in [9.17, 15) is 4.79 Å². The summed E-state index contributed by atoms with van der Waals surface area (Å²) in [5.41, 5.74) is 0.974. The van der Waals surface area contributed by atoms with Gasteiger partial charge in [-0.15, -0.1) is 0 Å². The number of hydrogen-bond acceptors (Lipinski definition) is 2. The average molecular weight is 240 g/mol. The zero-order valence-electron chi connectivity index (χ0n) is 8.90. The summed E-state index contributed by atoms with van der Waals surface area (Å²) in [5, 5.41) is 9.53. The number of hydrogen-bond donors (Lipinski definition) is 1. The van der Waals surface area contributed by atoms with Gasteiger partial charge in [-0.05, 0) is 17.7 Å². The molecule has 1 fully saturated rings. The molecule has 1 aromatic carbocycles. The van der Waals surface area contributed by atoms with Crippen LogP contribution in [0, 0.1) is 5.92 Å². The van der Waals surface area contributed by atoms with Gasteiger partial charge in [-0.3, -0.25) is 4.79 Å². The quantitative estimate of drug-likeness (QED) is 0.865. The summed E-state index contributed by atoms with van der Waals surface area (Å²) in [6, 6.07) is 7.31. The summed E-state index contributed by atoms with van der Waals surface area (Å²) >= 11 is 5.76. The highest BCUT2D eigenvalue weighted by Gasteiger charge is 2.29. The molecule has 0 unspecified atom stereocenters. The fourth-order valence-electron chi connectivity index (χ4n) is 1.78. The molecule has 0 aliphatic carbocycles. The Bertz CT molecular complexity index is 371. The SMILES string of the molecule is O=C(Cc1ccc(Cl)cc1)N1CC(CO)C1. The smallest absolute Gasteiger partial charge is 0.227 e. The molecule has 1 heterocycles. The molecule has 0 bridgehead atoms. The lowest BCUT2D eigenvalue weighted by atomic mass is 10.00. The normalized spacial score (nSPS) is 16.0. The number of rotatable bonds is 3. The van der Waals surface area contributed by atoms with E-state index in [1.54, 1.807) is 17.0 Å². The molecule has 1 N–H and O–H groups in total. The van der Waals surface area contributed by atoms with E-state index in [2.05, 4.69) is 0 Å². The van der Waals surface area contributed by atoms with E-state index in [1.165, 1.54) is 0 Å². The van der Waals surface area contributed by atoms with E-state index in [0.29, 0.717) is 24.5 Å². The highest BCUT2D eigenvalue weighted by Crippen LogP contribution is 2.17. The van der Waals surface area contributed by atoms with Crippen molar-refractivity contribution in [3.8, 4) is 0 Å². The van der Waals surface area contributed by atoms with Crippen LogP contribution >= 0.6 is 11.6 Å². The minimum Gasteiger partial charge on any atom is -0.396 e. The van der Waals surface area contributed by atoms with E-state index in [0.717, 1.165) is 5.56 Å². The lowest BCUT2D eigenvalue weighted by Crippen LogP contribution is -2.51. The van der Waals surface area contributed by atoms with Gasteiger partial charge < -0.3 is 10.0 Å². The van der Waals surface area contributed by atoms with Gasteiger partial charge in [-0.2, -0.15) is 0 Å². The van der Waals surface area contributed by atoms with E-state index >= 15 is 0 Å². The Labute approximate surface area is 99.6 Å². The van der Waals surface area contributed by atoms with Crippen LogP contribution in [0.4, 0.5) is 0 Å². The summed E-state index contributed by atoms with van der Waals surface area (Å²) in [5.74, 6) is 0.390. The van der Waals surface area contributed by atoms with Crippen molar-refractivity contribution in [1.29, 1.82) is 0 Å². The maximum Gasteiger partial charge on any atom is 0.227 e. The second-order valence-electron chi connectivity index (χ2n) is 4.15. The molecular formula is C12H14ClNO2. The van der Waals surface area contributed by atoms with Crippen molar-refractivity contribution in [1.82, 2.24) is 4.90 Å². The van der Waals surface area contributed by atoms with Gasteiger partial charge >= 0.3 is 0 Å². The van der Waals surface area contributed by atoms with Crippen molar-refractivity contribution >= 4 is 17.5 Å². The van der Waals surface area contributed by atoms with E-state index in [1.807, 2.05) is 12.1 Å².